The summed E-state index contributed by atoms with van der Waals surface area (Å²) in [6.07, 6.45) is 1.26. The third-order valence-corrected chi connectivity index (χ3v) is 2.62. The van der Waals surface area contributed by atoms with Gasteiger partial charge in [-0.25, -0.2) is 8.78 Å². The molecule has 1 fully saturated rings. The molecule has 0 saturated heterocycles. The summed E-state index contributed by atoms with van der Waals surface area (Å²) in [6.45, 7) is 0.297. The number of alkyl halides is 2. The summed E-state index contributed by atoms with van der Waals surface area (Å²) in [5.74, 6) is -2.95. The number of rotatable bonds is 3. The van der Waals surface area contributed by atoms with E-state index in [1.165, 1.54) is 6.20 Å². The summed E-state index contributed by atoms with van der Waals surface area (Å²) < 4.78 is 25.0. The van der Waals surface area contributed by atoms with Crippen molar-refractivity contribution in [1.82, 2.24) is 10.3 Å². The number of halogens is 2. The molecule has 0 unspecified atom stereocenters. The molecular weight excluding hydrogens is 214 g/mol. The van der Waals surface area contributed by atoms with E-state index in [-0.39, 0.29) is 24.7 Å². The van der Waals surface area contributed by atoms with E-state index in [4.69, 9.17) is 0 Å². The van der Waals surface area contributed by atoms with Gasteiger partial charge in [0.25, 0.3) is 5.91 Å². The minimum Gasteiger partial charge on any atom is -0.350 e. The maximum atomic E-state index is 12.5. The van der Waals surface area contributed by atoms with Crippen LogP contribution in [0.25, 0.3) is 0 Å². The predicted octanol–water partition coefficient (Wildman–Crippen LogP) is 1.86. The van der Waals surface area contributed by atoms with Gasteiger partial charge in [-0.2, -0.15) is 0 Å². The maximum Gasteiger partial charge on any atom is 0.269 e. The number of pyridine rings is 1. The fraction of sp³-hybridized carbons (Fsp3) is 0.455. The van der Waals surface area contributed by atoms with Gasteiger partial charge in [0, 0.05) is 25.6 Å². The lowest BCUT2D eigenvalue weighted by Gasteiger charge is -2.34. The Labute approximate surface area is 91.9 Å². The van der Waals surface area contributed by atoms with Crippen LogP contribution in [0.2, 0.25) is 0 Å². The summed E-state index contributed by atoms with van der Waals surface area (Å²) in [4.78, 5) is 15.4. The van der Waals surface area contributed by atoms with Crippen molar-refractivity contribution in [2.45, 2.75) is 18.8 Å². The van der Waals surface area contributed by atoms with E-state index in [0.717, 1.165) is 0 Å². The van der Waals surface area contributed by atoms with Gasteiger partial charge in [0.2, 0.25) is 5.92 Å². The first-order valence-corrected chi connectivity index (χ1v) is 5.14. The van der Waals surface area contributed by atoms with Gasteiger partial charge < -0.3 is 5.32 Å². The van der Waals surface area contributed by atoms with E-state index in [1.807, 2.05) is 0 Å². The number of hydrogen-bond donors (Lipinski definition) is 1. The normalized spacial score (nSPS) is 18.9. The number of amides is 1. The highest BCUT2D eigenvalue weighted by atomic mass is 19.3. The van der Waals surface area contributed by atoms with E-state index >= 15 is 0 Å². The molecule has 1 aliphatic rings. The van der Waals surface area contributed by atoms with Crippen LogP contribution >= 0.6 is 0 Å². The minimum absolute atomic E-state index is 0.109. The molecule has 1 amide bonds. The minimum atomic E-state index is -2.53. The van der Waals surface area contributed by atoms with Crippen LogP contribution in [0.3, 0.4) is 0 Å². The Morgan fingerprint density at radius 2 is 2.25 bits per heavy atom. The van der Waals surface area contributed by atoms with Gasteiger partial charge in [-0.3, -0.25) is 9.78 Å². The van der Waals surface area contributed by atoms with Crippen LogP contribution in [0.15, 0.2) is 24.4 Å². The monoisotopic (exact) mass is 226 g/mol. The number of aromatic nitrogens is 1. The van der Waals surface area contributed by atoms with E-state index in [0.29, 0.717) is 12.2 Å². The molecule has 16 heavy (non-hydrogen) atoms. The Hall–Kier alpha value is -1.52. The number of nitrogens with one attached hydrogen (secondary N) is 1. The second-order valence-electron chi connectivity index (χ2n) is 4.06. The lowest BCUT2D eigenvalue weighted by atomic mass is 9.81. The fourth-order valence-electron chi connectivity index (χ4n) is 1.75. The molecule has 0 radical (unpaired) electrons. The average molecular weight is 226 g/mol. The number of carbonyl (C=O) groups excluding carboxylic acids is 1. The number of carbonyl (C=O) groups is 1. The first-order valence-electron chi connectivity index (χ1n) is 5.14. The van der Waals surface area contributed by atoms with Crippen molar-refractivity contribution in [3.8, 4) is 0 Å². The molecule has 1 saturated carbocycles. The fourth-order valence-corrected chi connectivity index (χ4v) is 1.75. The average Bonchev–Trinajstić information content (AvgIpc) is 2.24. The number of hydrogen-bond acceptors (Lipinski definition) is 2. The Morgan fingerprint density at radius 3 is 2.81 bits per heavy atom. The van der Waals surface area contributed by atoms with Crippen LogP contribution in [0.5, 0.6) is 0 Å². The van der Waals surface area contributed by atoms with Crippen LogP contribution in [-0.2, 0) is 0 Å². The molecule has 1 aromatic heterocycles. The van der Waals surface area contributed by atoms with E-state index < -0.39 is 5.92 Å². The first kappa shape index (κ1) is 11.0. The molecule has 1 aromatic rings. The van der Waals surface area contributed by atoms with Crippen molar-refractivity contribution in [2.75, 3.05) is 6.54 Å². The third kappa shape index (κ3) is 2.53. The van der Waals surface area contributed by atoms with E-state index in [1.54, 1.807) is 18.2 Å². The van der Waals surface area contributed by atoms with Gasteiger partial charge >= 0.3 is 0 Å². The van der Waals surface area contributed by atoms with Crippen molar-refractivity contribution in [3.63, 3.8) is 0 Å². The van der Waals surface area contributed by atoms with Gasteiger partial charge in [-0.05, 0) is 18.1 Å². The van der Waals surface area contributed by atoms with Crippen LogP contribution in [0.1, 0.15) is 23.3 Å². The molecule has 0 aliphatic heterocycles. The molecule has 0 atom stereocenters. The molecule has 3 nitrogen and oxygen atoms in total. The van der Waals surface area contributed by atoms with E-state index in [2.05, 4.69) is 10.3 Å². The van der Waals surface area contributed by atoms with Crippen LogP contribution in [0, 0.1) is 5.92 Å². The smallest absolute Gasteiger partial charge is 0.269 e. The van der Waals surface area contributed by atoms with Crippen LogP contribution in [-0.4, -0.2) is 23.4 Å². The largest absolute Gasteiger partial charge is 0.350 e. The molecule has 0 bridgehead atoms. The molecule has 5 heteroatoms. The summed E-state index contributed by atoms with van der Waals surface area (Å²) in [7, 11) is 0. The van der Waals surface area contributed by atoms with Gasteiger partial charge in [-0.1, -0.05) is 6.07 Å². The molecule has 0 aromatic carbocycles. The van der Waals surface area contributed by atoms with Crippen molar-refractivity contribution in [1.29, 1.82) is 0 Å². The van der Waals surface area contributed by atoms with Crippen molar-refractivity contribution >= 4 is 5.91 Å². The quantitative estimate of drug-likeness (QED) is 0.854. The van der Waals surface area contributed by atoms with Crippen molar-refractivity contribution < 1.29 is 13.6 Å². The van der Waals surface area contributed by atoms with Gasteiger partial charge in [0.05, 0.1) is 0 Å². The van der Waals surface area contributed by atoms with Gasteiger partial charge in [0.15, 0.2) is 0 Å². The Balaban J connectivity index is 1.77. The summed E-state index contributed by atoms with van der Waals surface area (Å²) in [5.41, 5.74) is 0.314. The van der Waals surface area contributed by atoms with Gasteiger partial charge in [0.1, 0.15) is 5.69 Å². The zero-order chi connectivity index (χ0) is 11.6. The van der Waals surface area contributed by atoms with Crippen molar-refractivity contribution in [3.05, 3.63) is 30.1 Å². The van der Waals surface area contributed by atoms with Crippen LogP contribution in [0.4, 0.5) is 8.78 Å². The predicted molar refractivity (Wildman–Crippen MR) is 54.2 cm³/mol. The summed E-state index contributed by atoms with van der Waals surface area (Å²) >= 11 is 0. The number of nitrogens with zero attached hydrogens (tertiary/aromatic N) is 1. The molecule has 1 aliphatic carbocycles. The standard InChI is InChI=1S/C11H12F2N2O/c12-11(13)5-8(6-11)7-15-10(16)9-3-1-2-4-14-9/h1-4,8H,5-7H2,(H,15,16). The Morgan fingerprint density at radius 1 is 1.50 bits per heavy atom. The SMILES string of the molecule is O=C(NCC1CC(F)(F)C1)c1ccccn1. The zero-order valence-corrected chi connectivity index (χ0v) is 8.62. The highest BCUT2D eigenvalue weighted by Gasteiger charge is 2.44. The molecule has 0 spiro atoms. The second-order valence-corrected chi connectivity index (χ2v) is 4.06. The highest BCUT2D eigenvalue weighted by molar-refractivity contribution is 5.92. The van der Waals surface area contributed by atoms with E-state index in [9.17, 15) is 13.6 Å². The third-order valence-electron chi connectivity index (χ3n) is 2.62. The van der Waals surface area contributed by atoms with Crippen LogP contribution < -0.4 is 5.32 Å². The summed E-state index contributed by atoms with van der Waals surface area (Å²) in [5, 5.41) is 2.60. The molecule has 86 valence electrons. The highest BCUT2D eigenvalue weighted by Crippen LogP contribution is 2.41. The lowest BCUT2D eigenvalue weighted by molar-refractivity contribution is -0.108. The maximum absolute atomic E-state index is 12.5. The second kappa shape index (κ2) is 4.15. The zero-order valence-electron chi connectivity index (χ0n) is 8.62. The Kier molecular flexibility index (Phi) is 2.85. The molecule has 1 N–H and O–H groups in total. The Bertz CT molecular complexity index is 373. The van der Waals surface area contributed by atoms with Gasteiger partial charge in [-0.15, -0.1) is 0 Å². The van der Waals surface area contributed by atoms with Crippen molar-refractivity contribution in [2.24, 2.45) is 5.92 Å². The molecule has 1 heterocycles. The lowest BCUT2D eigenvalue weighted by Crippen LogP contribution is -2.42. The topological polar surface area (TPSA) is 42.0 Å². The molecular formula is C11H12F2N2O. The summed E-state index contributed by atoms with van der Waals surface area (Å²) in [6, 6.07) is 5.01. The molecule has 2 rings (SSSR count). The first-order chi connectivity index (χ1) is 7.57.